The second-order valence-electron chi connectivity index (χ2n) is 8.86. The quantitative estimate of drug-likeness (QED) is 0.209. The summed E-state index contributed by atoms with van der Waals surface area (Å²) in [6, 6.07) is 33.4. The molecule has 1 spiro atoms. The summed E-state index contributed by atoms with van der Waals surface area (Å²) >= 11 is 3.65. The molecule has 8 nitrogen and oxygen atoms in total. The van der Waals surface area contributed by atoms with E-state index >= 15 is 0 Å². The van der Waals surface area contributed by atoms with Crippen LogP contribution < -0.4 is 10.0 Å². The number of carbonyl (C=O) groups excluding carboxylic acids is 1. The number of hydrogen-bond acceptors (Lipinski definition) is 6. The second-order valence-corrected chi connectivity index (χ2v) is 9.62. The van der Waals surface area contributed by atoms with E-state index in [0.717, 1.165) is 0 Å². The SMILES string of the molecule is O=C1N(c2ccccc2)N=C(c2ccccc2)C12C(Br)=NN(c1ccccc1)C2c1ccccc1[N+](=O)[O-]. The zero-order valence-corrected chi connectivity index (χ0v) is 21.5. The molecule has 0 N–H and O–H groups in total. The maximum atomic E-state index is 14.7. The highest BCUT2D eigenvalue weighted by atomic mass is 79.9. The number of halogens is 1. The van der Waals surface area contributed by atoms with E-state index in [-0.39, 0.29) is 11.6 Å². The van der Waals surface area contributed by atoms with Gasteiger partial charge in [0.2, 0.25) is 0 Å². The maximum absolute atomic E-state index is 14.7. The molecule has 4 aromatic rings. The Morgan fingerprint density at radius 2 is 1.32 bits per heavy atom. The van der Waals surface area contributed by atoms with Crippen molar-refractivity contribution in [2.45, 2.75) is 6.04 Å². The van der Waals surface area contributed by atoms with Crippen molar-refractivity contribution in [3.8, 4) is 0 Å². The van der Waals surface area contributed by atoms with Crippen LogP contribution >= 0.6 is 15.9 Å². The summed E-state index contributed by atoms with van der Waals surface area (Å²) in [6.45, 7) is 0. The van der Waals surface area contributed by atoms with E-state index in [4.69, 9.17) is 10.2 Å². The molecular formula is C29H20BrN5O3. The number of nitro groups is 1. The van der Waals surface area contributed by atoms with Crippen molar-refractivity contribution in [2.24, 2.45) is 15.6 Å². The highest BCUT2D eigenvalue weighted by Gasteiger charge is 2.66. The topological polar surface area (TPSA) is 91.4 Å². The molecule has 6 rings (SSSR count). The molecule has 0 aliphatic carbocycles. The largest absolute Gasteiger partial charge is 0.274 e. The normalized spacial score (nSPS) is 20.6. The molecule has 2 unspecified atom stereocenters. The van der Waals surface area contributed by atoms with Crippen molar-refractivity contribution in [1.29, 1.82) is 0 Å². The van der Waals surface area contributed by atoms with Gasteiger partial charge in [-0.05, 0) is 51.8 Å². The lowest BCUT2D eigenvalue weighted by molar-refractivity contribution is -0.385. The fourth-order valence-corrected chi connectivity index (χ4v) is 5.86. The fraction of sp³-hybridized carbons (Fsp3) is 0.0690. The van der Waals surface area contributed by atoms with Crippen molar-refractivity contribution >= 4 is 49.2 Å². The Morgan fingerprint density at radius 3 is 1.95 bits per heavy atom. The van der Waals surface area contributed by atoms with Crippen LogP contribution in [-0.2, 0) is 4.79 Å². The summed E-state index contributed by atoms with van der Waals surface area (Å²) in [7, 11) is 0. The Morgan fingerprint density at radius 1 is 0.763 bits per heavy atom. The fourth-order valence-electron chi connectivity index (χ4n) is 5.12. The minimum absolute atomic E-state index is 0.103. The van der Waals surface area contributed by atoms with Crippen LogP contribution in [0.25, 0.3) is 0 Å². The van der Waals surface area contributed by atoms with E-state index in [1.165, 1.54) is 11.1 Å². The Bertz CT molecular complexity index is 1590. The number of hydrogen-bond donors (Lipinski definition) is 0. The Labute approximate surface area is 226 Å². The smallest absolute Gasteiger partial charge is 0.271 e. The number of nitrogens with zero attached hydrogens (tertiary/aromatic N) is 5. The number of carbonyl (C=O) groups is 1. The van der Waals surface area contributed by atoms with Gasteiger partial charge in [0.25, 0.3) is 11.6 Å². The van der Waals surface area contributed by atoms with Gasteiger partial charge in [-0.3, -0.25) is 19.9 Å². The summed E-state index contributed by atoms with van der Waals surface area (Å²) in [5.41, 5.74) is 1.18. The van der Waals surface area contributed by atoms with Crippen LogP contribution in [0.5, 0.6) is 0 Å². The molecule has 38 heavy (non-hydrogen) atoms. The highest BCUT2D eigenvalue weighted by Crippen LogP contribution is 2.56. The Balaban J connectivity index is 1.66. The van der Waals surface area contributed by atoms with Crippen LogP contribution in [0.4, 0.5) is 17.1 Å². The predicted octanol–water partition coefficient (Wildman–Crippen LogP) is 6.30. The third-order valence-electron chi connectivity index (χ3n) is 6.78. The van der Waals surface area contributed by atoms with Gasteiger partial charge < -0.3 is 0 Å². The summed E-state index contributed by atoms with van der Waals surface area (Å²) < 4.78 is 0.322. The van der Waals surface area contributed by atoms with Crippen LogP contribution in [0.3, 0.4) is 0 Å². The minimum atomic E-state index is -1.50. The van der Waals surface area contributed by atoms with Crippen LogP contribution in [0.1, 0.15) is 17.2 Å². The van der Waals surface area contributed by atoms with E-state index in [1.807, 2.05) is 78.9 Å². The number of rotatable bonds is 5. The first-order chi connectivity index (χ1) is 18.5. The summed E-state index contributed by atoms with van der Waals surface area (Å²) in [4.78, 5) is 26.5. The molecule has 0 bridgehead atoms. The van der Waals surface area contributed by atoms with Gasteiger partial charge in [-0.15, -0.1) is 0 Å². The first-order valence-electron chi connectivity index (χ1n) is 11.9. The lowest BCUT2D eigenvalue weighted by atomic mass is 9.71. The van der Waals surface area contributed by atoms with Crippen molar-refractivity contribution < 1.29 is 9.72 Å². The van der Waals surface area contributed by atoms with Crippen molar-refractivity contribution in [2.75, 3.05) is 10.0 Å². The van der Waals surface area contributed by atoms with Gasteiger partial charge in [-0.2, -0.15) is 15.2 Å². The van der Waals surface area contributed by atoms with Crippen molar-refractivity contribution in [1.82, 2.24) is 0 Å². The van der Waals surface area contributed by atoms with Gasteiger partial charge in [0.1, 0.15) is 10.7 Å². The molecule has 0 saturated carbocycles. The summed E-state index contributed by atoms with van der Waals surface area (Å²) in [5.74, 6) is -0.361. The van der Waals surface area contributed by atoms with Crippen LogP contribution in [0, 0.1) is 15.5 Å². The molecule has 0 fully saturated rings. The van der Waals surface area contributed by atoms with Gasteiger partial charge in [0.05, 0.1) is 27.6 Å². The van der Waals surface area contributed by atoms with E-state index < -0.39 is 16.4 Å². The molecule has 2 heterocycles. The molecule has 2 aliphatic heterocycles. The van der Waals surface area contributed by atoms with E-state index in [0.29, 0.717) is 32.8 Å². The number of amides is 1. The molecule has 2 atom stereocenters. The molecular weight excluding hydrogens is 546 g/mol. The standard InChI is InChI=1S/C29H20BrN5O3/c30-27-29(25(20-12-4-1-5-13-20)31-34(28(29)36)22-16-8-3-9-17-22)26(23-18-10-11-19-24(23)35(37)38)33(32-27)21-14-6-2-7-15-21/h1-19,26H. The number of nitro benzene ring substituents is 1. The van der Waals surface area contributed by atoms with Gasteiger partial charge in [0.15, 0.2) is 5.41 Å². The monoisotopic (exact) mass is 565 g/mol. The number of anilines is 2. The zero-order chi connectivity index (χ0) is 26.3. The van der Waals surface area contributed by atoms with Crippen molar-refractivity contribution in [3.63, 3.8) is 0 Å². The molecule has 2 aliphatic rings. The predicted molar refractivity (Wildman–Crippen MR) is 150 cm³/mol. The molecule has 9 heteroatoms. The van der Waals surface area contributed by atoms with Crippen LogP contribution in [0.2, 0.25) is 0 Å². The molecule has 0 radical (unpaired) electrons. The average Bonchev–Trinajstić information content (AvgIpc) is 3.44. The third kappa shape index (κ3) is 3.54. The van der Waals surface area contributed by atoms with Gasteiger partial charge in [-0.1, -0.05) is 78.9 Å². The minimum Gasteiger partial charge on any atom is -0.271 e. The van der Waals surface area contributed by atoms with Crippen molar-refractivity contribution in [3.05, 3.63) is 137 Å². The van der Waals surface area contributed by atoms with E-state index in [1.54, 1.807) is 35.3 Å². The lowest BCUT2D eigenvalue weighted by Gasteiger charge is -2.34. The second kappa shape index (κ2) is 9.35. The molecule has 186 valence electrons. The summed E-state index contributed by atoms with van der Waals surface area (Å²) in [5, 5.41) is 25.0. The summed E-state index contributed by atoms with van der Waals surface area (Å²) in [6.07, 6.45) is 0. The number of benzene rings is 4. The first-order valence-corrected chi connectivity index (χ1v) is 12.7. The molecule has 0 saturated heterocycles. The lowest BCUT2D eigenvalue weighted by Crippen LogP contribution is -2.49. The molecule has 1 amide bonds. The number of para-hydroxylation sites is 3. The highest BCUT2D eigenvalue weighted by molar-refractivity contribution is 9.18. The van der Waals surface area contributed by atoms with E-state index in [9.17, 15) is 14.9 Å². The van der Waals surface area contributed by atoms with E-state index in [2.05, 4.69) is 15.9 Å². The average molecular weight is 566 g/mol. The van der Waals surface area contributed by atoms with Gasteiger partial charge >= 0.3 is 0 Å². The van der Waals surface area contributed by atoms with Crippen LogP contribution in [-0.4, -0.2) is 21.2 Å². The Hall–Kier alpha value is -4.63. The van der Waals surface area contributed by atoms with Gasteiger partial charge in [-0.25, -0.2) is 0 Å². The zero-order valence-electron chi connectivity index (χ0n) is 19.9. The number of hydrazone groups is 2. The third-order valence-corrected chi connectivity index (χ3v) is 7.56. The molecule has 0 aromatic heterocycles. The van der Waals surface area contributed by atoms with Crippen LogP contribution in [0.15, 0.2) is 125 Å². The molecule has 4 aromatic carbocycles. The first kappa shape index (κ1) is 23.7. The maximum Gasteiger partial charge on any atom is 0.274 e. The Kier molecular flexibility index (Phi) is 5.84. The van der Waals surface area contributed by atoms with Gasteiger partial charge in [0, 0.05) is 6.07 Å².